The van der Waals surface area contributed by atoms with Crippen LogP contribution in [0, 0.1) is 6.92 Å². The molecular formula is C30H35N7. The molecule has 0 atom stereocenters. The Morgan fingerprint density at radius 2 is 1.78 bits per heavy atom. The Hall–Kier alpha value is -4.00. The molecule has 3 aromatic heterocycles. The minimum atomic E-state index is 0.527. The van der Waals surface area contributed by atoms with E-state index in [-0.39, 0.29) is 0 Å². The van der Waals surface area contributed by atoms with Crippen LogP contribution in [-0.2, 0) is 6.42 Å². The number of hydrogen-bond donors (Lipinski definition) is 1. The standard InChI is InChI=1S/C30H35N7/c1-5-13-36(25(6-2)7-3)26-10-11-28-27(18-26)30(33-19-31-28)35-24-9-8-23(21(4)15-24)16-22-12-14-37-29(17-22)32-20-34-37/h8-12,14-15,17-20,25H,5-7,13,16H2,1-4H3,(H,31,33,35). The second-order valence-electron chi connectivity index (χ2n) is 9.63. The summed E-state index contributed by atoms with van der Waals surface area (Å²) in [6.45, 7) is 9.98. The van der Waals surface area contributed by atoms with Crippen molar-refractivity contribution in [1.82, 2.24) is 24.6 Å². The third kappa shape index (κ3) is 5.26. The van der Waals surface area contributed by atoms with Gasteiger partial charge in [-0.15, -0.1) is 0 Å². The van der Waals surface area contributed by atoms with Crippen LogP contribution in [0.1, 0.15) is 56.7 Å². The van der Waals surface area contributed by atoms with Crippen LogP contribution in [0.25, 0.3) is 16.6 Å². The van der Waals surface area contributed by atoms with Gasteiger partial charge in [0.25, 0.3) is 0 Å². The lowest BCUT2D eigenvalue weighted by Crippen LogP contribution is -2.35. The fourth-order valence-corrected chi connectivity index (χ4v) is 5.11. The summed E-state index contributed by atoms with van der Waals surface area (Å²) in [5.41, 5.74) is 7.79. The van der Waals surface area contributed by atoms with Gasteiger partial charge in [-0.25, -0.2) is 19.5 Å². The number of rotatable bonds is 10. The van der Waals surface area contributed by atoms with E-state index in [1.165, 1.54) is 22.4 Å². The van der Waals surface area contributed by atoms with E-state index in [1.54, 1.807) is 17.2 Å². The van der Waals surface area contributed by atoms with Gasteiger partial charge < -0.3 is 10.2 Å². The normalized spacial score (nSPS) is 11.5. The van der Waals surface area contributed by atoms with Crippen molar-refractivity contribution in [2.75, 3.05) is 16.8 Å². The summed E-state index contributed by atoms with van der Waals surface area (Å²) >= 11 is 0. The Labute approximate surface area is 218 Å². The lowest BCUT2D eigenvalue weighted by Gasteiger charge is -2.32. The minimum absolute atomic E-state index is 0.527. The first kappa shape index (κ1) is 24.7. The van der Waals surface area contributed by atoms with E-state index in [9.17, 15) is 0 Å². The van der Waals surface area contributed by atoms with Crippen LogP contribution in [0.15, 0.2) is 67.4 Å². The molecule has 2 aromatic carbocycles. The van der Waals surface area contributed by atoms with Gasteiger partial charge in [-0.2, -0.15) is 5.10 Å². The van der Waals surface area contributed by atoms with Crippen molar-refractivity contribution in [1.29, 1.82) is 0 Å². The molecular weight excluding hydrogens is 458 g/mol. The van der Waals surface area contributed by atoms with Crippen molar-refractivity contribution in [3.8, 4) is 0 Å². The number of aryl methyl sites for hydroxylation is 1. The zero-order valence-corrected chi connectivity index (χ0v) is 22.1. The number of nitrogens with one attached hydrogen (secondary N) is 1. The molecule has 0 amide bonds. The Morgan fingerprint density at radius 3 is 2.57 bits per heavy atom. The molecule has 1 N–H and O–H groups in total. The number of benzene rings is 2. The van der Waals surface area contributed by atoms with Crippen LogP contribution in [0.2, 0.25) is 0 Å². The van der Waals surface area contributed by atoms with E-state index in [0.717, 1.165) is 60.3 Å². The predicted molar refractivity (Wildman–Crippen MR) is 152 cm³/mol. The fraction of sp³-hybridized carbons (Fsp3) is 0.333. The SMILES string of the molecule is CCCN(c1ccc2ncnc(Nc3ccc(Cc4ccn5ncnc5c4)c(C)c3)c2c1)C(CC)CC. The van der Waals surface area contributed by atoms with E-state index in [1.807, 2.05) is 6.20 Å². The minimum Gasteiger partial charge on any atom is -0.369 e. The van der Waals surface area contributed by atoms with Crippen molar-refractivity contribution in [2.24, 2.45) is 0 Å². The lowest BCUT2D eigenvalue weighted by atomic mass is 10.0. The van der Waals surface area contributed by atoms with Crippen LogP contribution < -0.4 is 10.2 Å². The summed E-state index contributed by atoms with van der Waals surface area (Å²) in [6, 6.07) is 17.8. The van der Waals surface area contributed by atoms with Gasteiger partial charge >= 0.3 is 0 Å². The number of hydrogen-bond acceptors (Lipinski definition) is 6. The third-order valence-corrected chi connectivity index (χ3v) is 7.14. The molecule has 7 nitrogen and oxygen atoms in total. The molecule has 0 aliphatic heterocycles. The summed E-state index contributed by atoms with van der Waals surface area (Å²) in [4.78, 5) is 16.0. The molecule has 0 saturated carbocycles. The summed E-state index contributed by atoms with van der Waals surface area (Å²) < 4.78 is 1.78. The van der Waals surface area contributed by atoms with E-state index < -0.39 is 0 Å². The summed E-state index contributed by atoms with van der Waals surface area (Å²) in [5, 5.41) is 8.78. The molecule has 3 heterocycles. The van der Waals surface area contributed by atoms with Crippen LogP contribution >= 0.6 is 0 Å². The number of nitrogens with zero attached hydrogens (tertiary/aromatic N) is 6. The molecule has 0 saturated heterocycles. The molecule has 37 heavy (non-hydrogen) atoms. The highest BCUT2D eigenvalue weighted by Gasteiger charge is 2.16. The monoisotopic (exact) mass is 493 g/mol. The lowest BCUT2D eigenvalue weighted by molar-refractivity contribution is 0.553. The predicted octanol–water partition coefficient (Wildman–Crippen LogP) is 6.72. The van der Waals surface area contributed by atoms with Gasteiger partial charge in [0, 0.05) is 35.5 Å². The zero-order chi connectivity index (χ0) is 25.8. The highest BCUT2D eigenvalue weighted by Crippen LogP contribution is 2.30. The van der Waals surface area contributed by atoms with Gasteiger partial charge in [0.15, 0.2) is 5.65 Å². The van der Waals surface area contributed by atoms with Crippen molar-refractivity contribution >= 4 is 33.7 Å². The molecule has 0 fully saturated rings. The van der Waals surface area contributed by atoms with E-state index in [0.29, 0.717) is 6.04 Å². The van der Waals surface area contributed by atoms with Gasteiger partial charge in [0.05, 0.1) is 5.52 Å². The van der Waals surface area contributed by atoms with Crippen LogP contribution in [0.4, 0.5) is 17.2 Å². The highest BCUT2D eigenvalue weighted by atomic mass is 15.3. The van der Waals surface area contributed by atoms with Gasteiger partial charge in [-0.05, 0) is 91.8 Å². The average molecular weight is 494 g/mol. The average Bonchev–Trinajstić information content (AvgIpc) is 3.38. The fourth-order valence-electron chi connectivity index (χ4n) is 5.11. The van der Waals surface area contributed by atoms with Crippen molar-refractivity contribution < 1.29 is 0 Å². The number of fused-ring (bicyclic) bond motifs is 2. The molecule has 0 radical (unpaired) electrons. The molecule has 0 aliphatic rings. The third-order valence-electron chi connectivity index (χ3n) is 7.14. The highest BCUT2D eigenvalue weighted by molar-refractivity contribution is 5.93. The molecule has 5 rings (SSSR count). The Bertz CT molecular complexity index is 1500. The number of aromatic nitrogens is 5. The van der Waals surface area contributed by atoms with Crippen LogP contribution in [0.5, 0.6) is 0 Å². The summed E-state index contributed by atoms with van der Waals surface area (Å²) in [6.07, 6.45) is 9.39. The largest absolute Gasteiger partial charge is 0.369 e. The second kappa shape index (κ2) is 10.9. The molecule has 190 valence electrons. The maximum absolute atomic E-state index is 4.62. The first-order valence-electron chi connectivity index (χ1n) is 13.3. The topological polar surface area (TPSA) is 71.2 Å². The van der Waals surface area contributed by atoms with E-state index in [2.05, 4.69) is 106 Å². The quantitative estimate of drug-likeness (QED) is 0.233. The smallest absolute Gasteiger partial charge is 0.155 e. The van der Waals surface area contributed by atoms with Crippen LogP contribution in [-0.4, -0.2) is 37.2 Å². The van der Waals surface area contributed by atoms with Crippen molar-refractivity contribution in [2.45, 2.75) is 59.4 Å². The first-order chi connectivity index (χ1) is 18.1. The second-order valence-corrected chi connectivity index (χ2v) is 9.63. The summed E-state index contributed by atoms with van der Waals surface area (Å²) in [7, 11) is 0. The van der Waals surface area contributed by atoms with Gasteiger partial charge in [-0.3, -0.25) is 0 Å². The van der Waals surface area contributed by atoms with Crippen molar-refractivity contribution in [3.63, 3.8) is 0 Å². The van der Waals surface area contributed by atoms with Gasteiger partial charge in [0.2, 0.25) is 0 Å². The molecule has 0 aliphatic carbocycles. The molecule has 0 spiro atoms. The van der Waals surface area contributed by atoms with Gasteiger partial charge in [0.1, 0.15) is 18.5 Å². The number of pyridine rings is 1. The van der Waals surface area contributed by atoms with Crippen LogP contribution in [0.3, 0.4) is 0 Å². The molecule has 0 unspecified atom stereocenters. The zero-order valence-electron chi connectivity index (χ0n) is 22.1. The summed E-state index contributed by atoms with van der Waals surface area (Å²) in [5.74, 6) is 0.831. The maximum atomic E-state index is 4.62. The van der Waals surface area contributed by atoms with Gasteiger partial charge in [-0.1, -0.05) is 26.8 Å². The van der Waals surface area contributed by atoms with Crippen molar-refractivity contribution in [3.05, 3.63) is 84.1 Å². The van der Waals surface area contributed by atoms with E-state index >= 15 is 0 Å². The van der Waals surface area contributed by atoms with E-state index in [4.69, 9.17) is 0 Å². The Kier molecular flexibility index (Phi) is 7.30. The number of anilines is 3. The molecule has 0 bridgehead atoms. The molecule has 5 aromatic rings. The first-order valence-corrected chi connectivity index (χ1v) is 13.3. The molecule has 7 heteroatoms. The maximum Gasteiger partial charge on any atom is 0.155 e. The Balaban J connectivity index is 1.41. The Morgan fingerprint density at radius 1 is 0.919 bits per heavy atom.